The van der Waals surface area contributed by atoms with Gasteiger partial charge in [-0.3, -0.25) is 0 Å². The maximum absolute atomic E-state index is 12.3. The smallest absolute Gasteiger partial charge is 0.196 e. The summed E-state index contributed by atoms with van der Waals surface area (Å²) < 4.78 is 24.6. The maximum Gasteiger partial charge on any atom is 0.196 e. The third-order valence-corrected chi connectivity index (χ3v) is 6.26. The molecule has 0 heterocycles. The number of nitrogens with two attached hydrogens (primary N) is 1. The molecule has 0 amide bonds. The molecular formula is C13H17NO2S. The number of hydrogen-bond donors (Lipinski definition) is 1. The predicted molar refractivity (Wildman–Crippen MR) is 66.4 cm³/mol. The second kappa shape index (κ2) is 3.56. The molecule has 0 saturated heterocycles. The molecule has 3 rings (SSSR count). The van der Waals surface area contributed by atoms with Gasteiger partial charge in [0.05, 0.1) is 4.90 Å². The van der Waals surface area contributed by atoms with Crippen LogP contribution in [0.2, 0.25) is 0 Å². The van der Waals surface area contributed by atoms with E-state index in [9.17, 15) is 8.42 Å². The van der Waals surface area contributed by atoms with Crippen molar-refractivity contribution < 1.29 is 8.42 Å². The molecule has 2 aliphatic carbocycles. The van der Waals surface area contributed by atoms with Gasteiger partial charge in [0, 0.05) is 0 Å². The third kappa shape index (κ3) is 1.70. The molecule has 0 spiro atoms. The van der Waals surface area contributed by atoms with Crippen molar-refractivity contribution in [3.05, 3.63) is 29.3 Å². The highest BCUT2D eigenvalue weighted by Crippen LogP contribution is 2.42. The lowest BCUT2D eigenvalue weighted by Gasteiger charge is -2.18. The predicted octanol–water partition coefficient (Wildman–Crippen LogP) is 1.79. The van der Waals surface area contributed by atoms with Gasteiger partial charge in [0.15, 0.2) is 9.84 Å². The Morgan fingerprint density at radius 1 is 1.06 bits per heavy atom. The highest BCUT2D eigenvalue weighted by molar-refractivity contribution is 7.93. The van der Waals surface area contributed by atoms with E-state index in [1.807, 2.05) is 12.1 Å². The second-order valence-electron chi connectivity index (χ2n) is 5.21. The van der Waals surface area contributed by atoms with Gasteiger partial charge in [-0.25, -0.2) is 8.42 Å². The minimum atomic E-state index is -3.32. The Kier molecular flexibility index (Phi) is 2.35. The number of sulfone groups is 1. The number of fused-ring (bicyclic) bond motifs is 1. The standard InChI is InChI=1S/C13H17NO2S/c14-13(7-8-13)17(15,16)12-6-5-10-3-1-2-4-11(10)9-12/h5-6,9H,1-4,7-8,14H2. The minimum absolute atomic E-state index is 0.415. The van der Waals surface area contributed by atoms with E-state index in [4.69, 9.17) is 5.73 Å². The van der Waals surface area contributed by atoms with Crippen molar-refractivity contribution in [2.75, 3.05) is 0 Å². The lowest BCUT2D eigenvalue weighted by atomic mass is 9.92. The fourth-order valence-corrected chi connectivity index (χ4v) is 4.16. The largest absolute Gasteiger partial charge is 0.312 e. The van der Waals surface area contributed by atoms with Gasteiger partial charge in [-0.15, -0.1) is 0 Å². The molecule has 0 aliphatic heterocycles. The van der Waals surface area contributed by atoms with Crippen LogP contribution in [-0.4, -0.2) is 13.3 Å². The first kappa shape index (κ1) is 11.2. The Labute approximate surface area is 102 Å². The van der Waals surface area contributed by atoms with E-state index >= 15 is 0 Å². The Balaban J connectivity index is 2.05. The van der Waals surface area contributed by atoms with Gasteiger partial charge in [-0.2, -0.15) is 0 Å². The zero-order valence-corrected chi connectivity index (χ0v) is 10.6. The molecule has 0 bridgehead atoms. The van der Waals surface area contributed by atoms with Crippen molar-refractivity contribution in [3.8, 4) is 0 Å². The third-order valence-electron chi connectivity index (χ3n) is 3.91. The fraction of sp³-hybridized carbons (Fsp3) is 0.538. The summed E-state index contributed by atoms with van der Waals surface area (Å²) in [6.45, 7) is 0. The van der Waals surface area contributed by atoms with Gasteiger partial charge in [-0.05, 0) is 61.8 Å². The lowest BCUT2D eigenvalue weighted by Crippen LogP contribution is -2.33. The van der Waals surface area contributed by atoms with E-state index in [2.05, 4.69) is 0 Å². The molecule has 92 valence electrons. The van der Waals surface area contributed by atoms with Crippen LogP contribution >= 0.6 is 0 Å². The SMILES string of the molecule is NC1(S(=O)(=O)c2ccc3c(c2)CCCC3)CC1. The van der Waals surface area contributed by atoms with E-state index in [1.165, 1.54) is 17.5 Å². The molecule has 2 N–H and O–H groups in total. The van der Waals surface area contributed by atoms with Crippen LogP contribution in [0.1, 0.15) is 36.8 Å². The van der Waals surface area contributed by atoms with Crippen molar-refractivity contribution in [1.29, 1.82) is 0 Å². The van der Waals surface area contributed by atoms with Crippen molar-refractivity contribution in [2.24, 2.45) is 5.73 Å². The molecular weight excluding hydrogens is 234 g/mol. The van der Waals surface area contributed by atoms with Crippen LogP contribution in [0, 0.1) is 0 Å². The first-order chi connectivity index (χ1) is 8.03. The molecule has 1 saturated carbocycles. The number of hydrogen-bond acceptors (Lipinski definition) is 3. The van der Waals surface area contributed by atoms with Crippen molar-refractivity contribution >= 4 is 9.84 Å². The molecule has 1 fully saturated rings. The van der Waals surface area contributed by atoms with Crippen LogP contribution in [0.4, 0.5) is 0 Å². The zero-order valence-electron chi connectivity index (χ0n) is 9.78. The average molecular weight is 251 g/mol. The second-order valence-corrected chi connectivity index (χ2v) is 7.50. The van der Waals surface area contributed by atoms with Gasteiger partial charge in [0.25, 0.3) is 0 Å². The average Bonchev–Trinajstić information content (AvgIpc) is 3.08. The summed E-state index contributed by atoms with van der Waals surface area (Å²) in [5.74, 6) is 0. The minimum Gasteiger partial charge on any atom is -0.312 e. The summed E-state index contributed by atoms with van der Waals surface area (Å²) in [7, 11) is -3.32. The molecule has 4 heteroatoms. The summed E-state index contributed by atoms with van der Waals surface area (Å²) >= 11 is 0. The number of aryl methyl sites for hydroxylation is 2. The summed E-state index contributed by atoms with van der Waals surface area (Å²) in [4.78, 5) is -0.561. The summed E-state index contributed by atoms with van der Waals surface area (Å²) in [5.41, 5.74) is 8.34. The monoisotopic (exact) mass is 251 g/mol. The van der Waals surface area contributed by atoms with E-state index in [-0.39, 0.29) is 0 Å². The van der Waals surface area contributed by atoms with Crippen molar-refractivity contribution in [1.82, 2.24) is 0 Å². The van der Waals surface area contributed by atoms with Gasteiger partial charge < -0.3 is 5.73 Å². The van der Waals surface area contributed by atoms with Crippen molar-refractivity contribution in [2.45, 2.75) is 48.3 Å². The Morgan fingerprint density at radius 3 is 2.35 bits per heavy atom. The molecule has 0 aromatic heterocycles. The van der Waals surface area contributed by atoms with E-state index < -0.39 is 14.7 Å². The quantitative estimate of drug-likeness (QED) is 0.871. The first-order valence-electron chi connectivity index (χ1n) is 6.18. The molecule has 0 atom stereocenters. The highest BCUT2D eigenvalue weighted by Gasteiger charge is 2.51. The van der Waals surface area contributed by atoms with Gasteiger partial charge in [0.2, 0.25) is 0 Å². The van der Waals surface area contributed by atoms with Crippen LogP contribution in [0.3, 0.4) is 0 Å². The van der Waals surface area contributed by atoms with E-state index in [1.54, 1.807) is 6.07 Å². The van der Waals surface area contributed by atoms with Crippen LogP contribution in [0.15, 0.2) is 23.1 Å². The molecule has 0 unspecified atom stereocenters. The Morgan fingerprint density at radius 2 is 1.71 bits per heavy atom. The zero-order chi connectivity index (χ0) is 12.1. The van der Waals surface area contributed by atoms with Crippen LogP contribution < -0.4 is 5.73 Å². The van der Waals surface area contributed by atoms with Gasteiger partial charge in [0.1, 0.15) is 4.87 Å². The van der Waals surface area contributed by atoms with Crippen LogP contribution in [-0.2, 0) is 22.7 Å². The normalized spacial score (nSPS) is 21.9. The van der Waals surface area contributed by atoms with E-state index in [0.29, 0.717) is 17.7 Å². The summed E-state index contributed by atoms with van der Waals surface area (Å²) in [5, 5.41) is 0. The highest BCUT2D eigenvalue weighted by atomic mass is 32.2. The Bertz CT molecular complexity index is 559. The van der Waals surface area contributed by atoms with Gasteiger partial charge >= 0.3 is 0 Å². The molecule has 3 nitrogen and oxygen atoms in total. The maximum atomic E-state index is 12.3. The Hall–Kier alpha value is -0.870. The number of benzene rings is 1. The summed E-state index contributed by atoms with van der Waals surface area (Å²) in [6, 6.07) is 5.54. The molecule has 0 radical (unpaired) electrons. The lowest BCUT2D eigenvalue weighted by molar-refractivity contribution is 0.578. The molecule has 1 aromatic rings. The molecule has 1 aromatic carbocycles. The molecule has 2 aliphatic rings. The fourth-order valence-electron chi connectivity index (χ4n) is 2.50. The topological polar surface area (TPSA) is 60.2 Å². The van der Waals surface area contributed by atoms with Crippen LogP contribution in [0.25, 0.3) is 0 Å². The number of rotatable bonds is 2. The van der Waals surface area contributed by atoms with Crippen LogP contribution in [0.5, 0.6) is 0 Å². The molecule has 17 heavy (non-hydrogen) atoms. The summed E-state index contributed by atoms with van der Waals surface area (Å²) in [6.07, 6.45) is 5.61. The van der Waals surface area contributed by atoms with Gasteiger partial charge in [-0.1, -0.05) is 6.07 Å². The first-order valence-corrected chi connectivity index (χ1v) is 7.67. The van der Waals surface area contributed by atoms with Crippen molar-refractivity contribution in [3.63, 3.8) is 0 Å². The van der Waals surface area contributed by atoms with E-state index in [0.717, 1.165) is 19.3 Å².